The minimum atomic E-state index is -0.479. The van der Waals surface area contributed by atoms with E-state index in [1.165, 1.54) is 6.07 Å². The standard InChI is InChI=1S/C18H13BrClNO3/c1-9-7-13(22)8-14-15(9)10(2)16(19)18(24)21(14)17(23)11-3-5-12(20)6-4-11/h3-8,22H,1-2H3. The fourth-order valence-corrected chi connectivity index (χ4v) is 3.32. The molecule has 3 rings (SSSR count). The fraction of sp³-hybridized carbons (Fsp3) is 0.111. The first kappa shape index (κ1) is 16.7. The third-order valence-corrected chi connectivity index (χ3v) is 5.12. The maximum Gasteiger partial charge on any atom is 0.272 e. The molecule has 0 bridgehead atoms. The normalized spacial score (nSPS) is 11.0. The first-order chi connectivity index (χ1) is 11.3. The number of carbonyl (C=O) groups is 1. The zero-order valence-corrected chi connectivity index (χ0v) is 15.3. The number of aromatic hydroxyl groups is 1. The number of hydrogen-bond donors (Lipinski definition) is 1. The number of phenolic OH excluding ortho intramolecular Hbond substituents is 1. The van der Waals surface area contributed by atoms with Gasteiger partial charge in [0.1, 0.15) is 5.75 Å². The van der Waals surface area contributed by atoms with E-state index in [4.69, 9.17) is 11.6 Å². The number of benzene rings is 2. The Bertz CT molecular complexity index is 1040. The first-order valence-corrected chi connectivity index (χ1v) is 8.33. The Morgan fingerprint density at radius 1 is 1.17 bits per heavy atom. The van der Waals surface area contributed by atoms with Crippen LogP contribution in [0.3, 0.4) is 0 Å². The van der Waals surface area contributed by atoms with Crippen LogP contribution < -0.4 is 5.56 Å². The Balaban J connectivity index is 2.41. The van der Waals surface area contributed by atoms with E-state index in [1.54, 1.807) is 37.3 Å². The molecule has 0 amide bonds. The molecule has 0 aliphatic carbocycles. The molecule has 0 saturated heterocycles. The van der Waals surface area contributed by atoms with E-state index in [2.05, 4.69) is 15.9 Å². The zero-order chi connectivity index (χ0) is 17.6. The summed E-state index contributed by atoms with van der Waals surface area (Å²) in [6.07, 6.45) is 0. The van der Waals surface area contributed by atoms with Crippen LogP contribution in [-0.2, 0) is 0 Å². The number of hydrogen-bond acceptors (Lipinski definition) is 3. The smallest absolute Gasteiger partial charge is 0.272 e. The summed E-state index contributed by atoms with van der Waals surface area (Å²) in [5.74, 6) is -0.480. The summed E-state index contributed by atoms with van der Waals surface area (Å²) < 4.78 is 1.40. The topological polar surface area (TPSA) is 59.3 Å². The van der Waals surface area contributed by atoms with Crippen molar-refractivity contribution in [2.75, 3.05) is 0 Å². The maximum atomic E-state index is 12.9. The molecular formula is C18H13BrClNO3. The molecule has 0 unspecified atom stereocenters. The Morgan fingerprint density at radius 2 is 1.79 bits per heavy atom. The van der Waals surface area contributed by atoms with Crippen LogP contribution >= 0.6 is 27.5 Å². The van der Waals surface area contributed by atoms with Gasteiger partial charge in [-0.05, 0) is 71.2 Å². The number of fused-ring (bicyclic) bond motifs is 1. The lowest BCUT2D eigenvalue weighted by molar-refractivity contribution is 0.0961. The summed E-state index contributed by atoms with van der Waals surface area (Å²) in [7, 11) is 0. The lowest BCUT2D eigenvalue weighted by atomic mass is 10.0. The summed E-state index contributed by atoms with van der Waals surface area (Å²) >= 11 is 9.14. The summed E-state index contributed by atoms with van der Waals surface area (Å²) in [5, 5.41) is 11.2. The number of pyridine rings is 1. The van der Waals surface area contributed by atoms with Gasteiger partial charge >= 0.3 is 0 Å². The predicted molar refractivity (Wildman–Crippen MR) is 98.2 cm³/mol. The molecule has 1 N–H and O–H groups in total. The monoisotopic (exact) mass is 405 g/mol. The lowest BCUT2D eigenvalue weighted by Crippen LogP contribution is -2.29. The number of halogens is 2. The van der Waals surface area contributed by atoms with Crippen molar-refractivity contribution in [2.24, 2.45) is 0 Å². The highest BCUT2D eigenvalue weighted by Gasteiger charge is 2.20. The van der Waals surface area contributed by atoms with E-state index in [1.807, 2.05) is 6.92 Å². The molecule has 4 nitrogen and oxygen atoms in total. The highest BCUT2D eigenvalue weighted by Crippen LogP contribution is 2.29. The van der Waals surface area contributed by atoms with Crippen molar-refractivity contribution in [3.8, 4) is 5.75 Å². The molecule has 0 aliphatic heterocycles. The van der Waals surface area contributed by atoms with Gasteiger partial charge in [-0.3, -0.25) is 9.59 Å². The van der Waals surface area contributed by atoms with Crippen molar-refractivity contribution in [3.63, 3.8) is 0 Å². The molecule has 2 aromatic carbocycles. The van der Waals surface area contributed by atoms with Gasteiger partial charge in [-0.2, -0.15) is 0 Å². The Kier molecular flexibility index (Phi) is 4.24. The average Bonchev–Trinajstić information content (AvgIpc) is 2.52. The third kappa shape index (κ3) is 2.64. The van der Waals surface area contributed by atoms with E-state index < -0.39 is 11.5 Å². The van der Waals surface area contributed by atoms with Gasteiger partial charge in [0.25, 0.3) is 11.5 Å². The number of phenols is 1. The van der Waals surface area contributed by atoms with E-state index in [0.717, 1.165) is 21.1 Å². The molecule has 1 aromatic heterocycles. The molecule has 122 valence electrons. The largest absolute Gasteiger partial charge is 0.508 e. The van der Waals surface area contributed by atoms with Crippen LogP contribution in [0, 0.1) is 13.8 Å². The highest BCUT2D eigenvalue weighted by molar-refractivity contribution is 9.10. The Hall–Kier alpha value is -2.11. The predicted octanol–water partition coefficient (Wildman–Crippen LogP) is 4.43. The molecule has 24 heavy (non-hydrogen) atoms. The van der Waals surface area contributed by atoms with Crippen LogP contribution in [0.1, 0.15) is 21.5 Å². The Labute approximate surface area is 151 Å². The van der Waals surface area contributed by atoms with Crippen molar-refractivity contribution in [1.82, 2.24) is 4.57 Å². The van der Waals surface area contributed by atoms with Gasteiger partial charge in [0, 0.05) is 22.0 Å². The molecule has 0 atom stereocenters. The summed E-state index contributed by atoms with van der Waals surface area (Å²) in [5.41, 5.74) is 1.75. The fourth-order valence-electron chi connectivity index (χ4n) is 2.82. The van der Waals surface area contributed by atoms with Crippen LogP contribution in [0.15, 0.2) is 45.7 Å². The molecule has 0 aliphatic rings. The van der Waals surface area contributed by atoms with Crippen molar-refractivity contribution in [2.45, 2.75) is 13.8 Å². The van der Waals surface area contributed by atoms with Gasteiger partial charge in [-0.25, -0.2) is 4.57 Å². The quantitative estimate of drug-likeness (QED) is 0.650. The summed E-state index contributed by atoms with van der Waals surface area (Å²) in [6.45, 7) is 3.62. The zero-order valence-electron chi connectivity index (χ0n) is 12.9. The second-order valence-electron chi connectivity index (χ2n) is 5.55. The third-order valence-electron chi connectivity index (χ3n) is 3.93. The van der Waals surface area contributed by atoms with E-state index in [9.17, 15) is 14.7 Å². The molecule has 0 spiro atoms. The number of rotatable bonds is 1. The van der Waals surface area contributed by atoms with Crippen molar-refractivity contribution < 1.29 is 9.90 Å². The summed E-state index contributed by atoms with van der Waals surface area (Å²) in [6, 6.07) is 9.33. The van der Waals surface area contributed by atoms with Gasteiger partial charge < -0.3 is 5.11 Å². The number of carbonyl (C=O) groups excluding carboxylic acids is 1. The van der Waals surface area contributed by atoms with Crippen LogP contribution in [0.4, 0.5) is 0 Å². The van der Waals surface area contributed by atoms with Crippen molar-refractivity contribution in [3.05, 3.63) is 72.9 Å². The van der Waals surface area contributed by atoms with Crippen LogP contribution in [-0.4, -0.2) is 15.6 Å². The second-order valence-corrected chi connectivity index (χ2v) is 6.78. The highest BCUT2D eigenvalue weighted by atomic mass is 79.9. The van der Waals surface area contributed by atoms with Crippen LogP contribution in [0.25, 0.3) is 10.9 Å². The second kappa shape index (κ2) is 6.07. The van der Waals surface area contributed by atoms with Crippen LogP contribution in [0.2, 0.25) is 5.02 Å². The van der Waals surface area contributed by atoms with Crippen molar-refractivity contribution in [1.29, 1.82) is 0 Å². The molecule has 6 heteroatoms. The molecular weight excluding hydrogens is 394 g/mol. The van der Waals surface area contributed by atoms with Gasteiger partial charge in [0.2, 0.25) is 0 Å². The molecule has 1 heterocycles. The average molecular weight is 407 g/mol. The molecule has 3 aromatic rings. The minimum absolute atomic E-state index is 0.00113. The van der Waals surface area contributed by atoms with Gasteiger partial charge in [-0.15, -0.1) is 0 Å². The number of aryl methyl sites for hydroxylation is 2. The van der Waals surface area contributed by atoms with Gasteiger partial charge in [-0.1, -0.05) is 11.6 Å². The summed E-state index contributed by atoms with van der Waals surface area (Å²) in [4.78, 5) is 25.6. The SMILES string of the molecule is Cc1cc(O)cc2c1c(C)c(Br)c(=O)n2C(=O)c1ccc(Cl)cc1. The van der Waals surface area contributed by atoms with Gasteiger partial charge in [0.15, 0.2) is 0 Å². The number of nitrogens with zero attached hydrogens (tertiary/aromatic N) is 1. The Morgan fingerprint density at radius 3 is 2.42 bits per heavy atom. The van der Waals surface area contributed by atoms with Gasteiger partial charge in [0.05, 0.1) is 9.99 Å². The lowest BCUT2D eigenvalue weighted by Gasteiger charge is -2.15. The molecule has 0 radical (unpaired) electrons. The minimum Gasteiger partial charge on any atom is -0.508 e. The maximum absolute atomic E-state index is 12.9. The number of aromatic nitrogens is 1. The molecule has 0 saturated carbocycles. The van der Waals surface area contributed by atoms with E-state index in [0.29, 0.717) is 20.6 Å². The van der Waals surface area contributed by atoms with Crippen molar-refractivity contribution >= 4 is 44.3 Å². The van der Waals surface area contributed by atoms with E-state index >= 15 is 0 Å². The van der Waals surface area contributed by atoms with Crippen LogP contribution in [0.5, 0.6) is 5.75 Å². The van der Waals surface area contributed by atoms with E-state index in [-0.39, 0.29) is 5.75 Å². The molecule has 0 fully saturated rings. The first-order valence-electron chi connectivity index (χ1n) is 7.16.